The number of carbonyl (C=O) groups is 1. The lowest BCUT2D eigenvalue weighted by atomic mass is 10.1. The van der Waals surface area contributed by atoms with Crippen LogP contribution >= 0.6 is 0 Å². The highest BCUT2D eigenvalue weighted by Crippen LogP contribution is 2.08. The Morgan fingerprint density at radius 2 is 2.13 bits per heavy atom. The van der Waals surface area contributed by atoms with Crippen LogP contribution < -0.4 is 15.6 Å². The highest BCUT2D eigenvalue weighted by atomic mass is 16.5. The monoisotopic (exact) mass is 311 g/mol. The molecular formula is C17H17N3O3. The number of hydrogen-bond donors (Lipinski definition) is 1. The van der Waals surface area contributed by atoms with E-state index in [1.807, 2.05) is 13.0 Å². The molecule has 1 amide bonds. The zero-order chi connectivity index (χ0) is 16.8. The molecule has 6 nitrogen and oxygen atoms in total. The number of amides is 1. The van der Waals surface area contributed by atoms with Crippen molar-refractivity contribution in [1.29, 1.82) is 5.26 Å². The third-order valence-corrected chi connectivity index (χ3v) is 3.42. The van der Waals surface area contributed by atoms with E-state index in [2.05, 4.69) is 5.32 Å². The number of benzene rings is 1. The molecule has 0 fully saturated rings. The van der Waals surface area contributed by atoms with Gasteiger partial charge < -0.3 is 14.6 Å². The van der Waals surface area contributed by atoms with Gasteiger partial charge in [-0.2, -0.15) is 5.26 Å². The van der Waals surface area contributed by atoms with E-state index >= 15 is 0 Å². The number of nitrogens with one attached hydrogen (secondary N) is 1. The van der Waals surface area contributed by atoms with Crippen molar-refractivity contribution in [3.8, 4) is 11.8 Å². The molecule has 1 N–H and O–H groups in total. The van der Waals surface area contributed by atoms with Crippen molar-refractivity contribution in [1.82, 2.24) is 9.88 Å². The molecule has 23 heavy (non-hydrogen) atoms. The van der Waals surface area contributed by atoms with E-state index in [0.29, 0.717) is 30.0 Å². The predicted octanol–water partition coefficient (Wildman–Crippen LogP) is 1.47. The van der Waals surface area contributed by atoms with E-state index in [0.717, 1.165) is 5.69 Å². The van der Waals surface area contributed by atoms with Crippen molar-refractivity contribution in [3.05, 3.63) is 63.6 Å². The minimum atomic E-state index is -0.277. The summed E-state index contributed by atoms with van der Waals surface area (Å²) < 4.78 is 6.61. The third kappa shape index (κ3) is 3.98. The van der Waals surface area contributed by atoms with Crippen LogP contribution in [-0.2, 0) is 6.54 Å². The van der Waals surface area contributed by atoms with Crippen LogP contribution in [-0.4, -0.2) is 24.1 Å². The first-order valence-corrected chi connectivity index (χ1v) is 7.09. The minimum Gasteiger partial charge on any atom is -0.496 e. The maximum atomic E-state index is 12.0. The second-order valence-corrected chi connectivity index (χ2v) is 4.97. The lowest BCUT2D eigenvalue weighted by Crippen LogP contribution is -2.31. The standard InChI is InChI=1S/C17H17N3O3/c1-12-8-15(23-2)10-16(21)20(12)7-6-19-17(22)14-5-3-4-13(9-14)11-18/h3-5,8-10H,6-7H2,1-2H3,(H,19,22). The van der Waals surface area contributed by atoms with Crippen molar-refractivity contribution in [2.24, 2.45) is 0 Å². The number of hydrogen-bond acceptors (Lipinski definition) is 4. The minimum absolute atomic E-state index is 0.178. The van der Waals surface area contributed by atoms with Crippen molar-refractivity contribution < 1.29 is 9.53 Å². The number of aryl methyl sites for hydroxylation is 1. The van der Waals surface area contributed by atoms with Gasteiger partial charge in [0.1, 0.15) is 5.75 Å². The van der Waals surface area contributed by atoms with Gasteiger partial charge in [0.25, 0.3) is 11.5 Å². The summed E-state index contributed by atoms with van der Waals surface area (Å²) in [6.07, 6.45) is 0. The Morgan fingerprint density at radius 1 is 1.35 bits per heavy atom. The lowest BCUT2D eigenvalue weighted by Gasteiger charge is -2.12. The summed E-state index contributed by atoms with van der Waals surface area (Å²) >= 11 is 0. The smallest absolute Gasteiger partial charge is 0.254 e. The molecule has 0 unspecified atom stereocenters. The number of pyridine rings is 1. The fourth-order valence-corrected chi connectivity index (χ4v) is 2.22. The fourth-order valence-electron chi connectivity index (χ4n) is 2.22. The van der Waals surface area contributed by atoms with Gasteiger partial charge in [-0.05, 0) is 31.2 Å². The van der Waals surface area contributed by atoms with Gasteiger partial charge in [-0.15, -0.1) is 0 Å². The third-order valence-electron chi connectivity index (χ3n) is 3.42. The molecule has 0 spiro atoms. The van der Waals surface area contributed by atoms with E-state index in [1.54, 1.807) is 28.8 Å². The summed E-state index contributed by atoms with van der Waals surface area (Å²) in [7, 11) is 1.51. The van der Waals surface area contributed by atoms with Gasteiger partial charge in [0, 0.05) is 30.4 Å². The highest BCUT2D eigenvalue weighted by molar-refractivity contribution is 5.94. The Labute approximate surface area is 133 Å². The summed E-state index contributed by atoms with van der Waals surface area (Å²) in [5.74, 6) is 0.238. The Morgan fingerprint density at radius 3 is 2.78 bits per heavy atom. The summed E-state index contributed by atoms with van der Waals surface area (Å²) in [5.41, 5.74) is 1.43. The van der Waals surface area contributed by atoms with Gasteiger partial charge in [-0.1, -0.05) is 6.07 Å². The van der Waals surface area contributed by atoms with Crippen molar-refractivity contribution in [2.75, 3.05) is 13.7 Å². The first kappa shape index (κ1) is 16.3. The summed E-state index contributed by atoms with van der Waals surface area (Å²) in [4.78, 5) is 24.0. The van der Waals surface area contributed by atoms with Crippen LogP contribution in [0, 0.1) is 18.3 Å². The molecule has 0 saturated heterocycles. The largest absolute Gasteiger partial charge is 0.496 e. The van der Waals surface area contributed by atoms with E-state index in [4.69, 9.17) is 10.00 Å². The molecule has 2 rings (SSSR count). The molecule has 0 aliphatic heterocycles. The summed E-state index contributed by atoms with van der Waals surface area (Å²) in [6, 6.07) is 11.6. The number of methoxy groups -OCH3 is 1. The number of nitriles is 1. The molecule has 2 aromatic rings. The van der Waals surface area contributed by atoms with Crippen molar-refractivity contribution in [2.45, 2.75) is 13.5 Å². The summed E-state index contributed by atoms with van der Waals surface area (Å²) in [5, 5.41) is 11.6. The molecule has 1 aromatic carbocycles. The number of nitrogens with zero attached hydrogens (tertiary/aromatic N) is 2. The lowest BCUT2D eigenvalue weighted by molar-refractivity contribution is 0.0952. The fraction of sp³-hybridized carbons (Fsp3) is 0.235. The Balaban J connectivity index is 2.01. The van der Waals surface area contributed by atoms with Gasteiger partial charge in [-0.3, -0.25) is 9.59 Å². The SMILES string of the molecule is COc1cc(C)n(CCNC(=O)c2cccc(C#N)c2)c(=O)c1. The molecule has 1 aromatic heterocycles. The van der Waals surface area contributed by atoms with Gasteiger partial charge in [0.05, 0.1) is 18.7 Å². The van der Waals surface area contributed by atoms with Gasteiger partial charge in [-0.25, -0.2) is 0 Å². The van der Waals surface area contributed by atoms with Gasteiger partial charge in [0.2, 0.25) is 0 Å². The van der Waals surface area contributed by atoms with Gasteiger partial charge in [0.15, 0.2) is 0 Å². The molecule has 0 radical (unpaired) electrons. The molecular weight excluding hydrogens is 294 g/mol. The zero-order valence-electron chi connectivity index (χ0n) is 13.0. The number of ether oxygens (including phenoxy) is 1. The van der Waals surface area contributed by atoms with E-state index in [9.17, 15) is 9.59 Å². The zero-order valence-corrected chi connectivity index (χ0v) is 13.0. The average Bonchev–Trinajstić information content (AvgIpc) is 2.56. The maximum absolute atomic E-state index is 12.0. The number of carbonyl (C=O) groups excluding carboxylic acids is 1. The molecule has 1 heterocycles. The van der Waals surface area contributed by atoms with E-state index < -0.39 is 0 Å². The van der Waals surface area contributed by atoms with Crippen molar-refractivity contribution in [3.63, 3.8) is 0 Å². The normalized spacial score (nSPS) is 9.96. The second-order valence-electron chi connectivity index (χ2n) is 4.97. The summed E-state index contributed by atoms with van der Waals surface area (Å²) in [6.45, 7) is 2.48. The Kier molecular flexibility index (Phi) is 5.15. The Bertz CT molecular complexity index is 819. The number of aromatic nitrogens is 1. The van der Waals surface area contributed by atoms with Crippen LogP contribution in [0.3, 0.4) is 0 Å². The Hall–Kier alpha value is -3.07. The first-order chi connectivity index (χ1) is 11.0. The maximum Gasteiger partial charge on any atom is 0.254 e. The van der Waals surface area contributed by atoms with Gasteiger partial charge >= 0.3 is 0 Å². The predicted molar refractivity (Wildman–Crippen MR) is 85.5 cm³/mol. The van der Waals surface area contributed by atoms with Crippen LogP contribution in [0.1, 0.15) is 21.6 Å². The van der Waals surface area contributed by atoms with Crippen LogP contribution in [0.25, 0.3) is 0 Å². The molecule has 6 heteroatoms. The topological polar surface area (TPSA) is 84.1 Å². The molecule has 0 aliphatic carbocycles. The molecule has 0 bridgehead atoms. The van der Waals surface area contributed by atoms with Crippen LogP contribution in [0.4, 0.5) is 0 Å². The van der Waals surface area contributed by atoms with Crippen LogP contribution in [0.5, 0.6) is 5.75 Å². The van der Waals surface area contributed by atoms with Crippen LogP contribution in [0.2, 0.25) is 0 Å². The molecule has 0 atom stereocenters. The van der Waals surface area contributed by atoms with E-state index in [1.165, 1.54) is 19.2 Å². The van der Waals surface area contributed by atoms with Crippen LogP contribution in [0.15, 0.2) is 41.2 Å². The molecule has 0 saturated carbocycles. The van der Waals surface area contributed by atoms with E-state index in [-0.39, 0.29) is 11.5 Å². The highest BCUT2D eigenvalue weighted by Gasteiger charge is 2.07. The average molecular weight is 311 g/mol. The number of rotatable bonds is 5. The molecule has 0 aliphatic rings. The first-order valence-electron chi connectivity index (χ1n) is 7.09. The molecule has 118 valence electrons. The second kappa shape index (κ2) is 7.27. The van der Waals surface area contributed by atoms with Crippen molar-refractivity contribution >= 4 is 5.91 Å². The quantitative estimate of drug-likeness (QED) is 0.906.